The number of carbonyl (C=O) groups excluding carboxylic acids is 1. The molecule has 2 unspecified atom stereocenters. The Morgan fingerprint density at radius 3 is 2.67 bits per heavy atom. The number of nitrogens with two attached hydrogens (primary N) is 1. The average molecular weight is 214 g/mol. The van der Waals surface area contributed by atoms with Gasteiger partial charge < -0.3 is 15.8 Å². The summed E-state index contributed by atoms with van der Waals surface area (Å²) >= 11 is 0. The summed E-state index contributed by atoms with van der Waals surface area (Å²) in [4.78, 5) is 11.6. The van der Waals surface area contributed by atoms with Crippen molar-refractivity contribution in [3.63, 3.8) is 0 Å². The summed E-state index contributed by atoms with van der Waals surface area (Å²) in [6.07, 6.45) is 3.65. The van der Waals surface area contributed by atoms with Gasteiger partial charge in [0, 0.05) is 25.1 Å². The third-order valence-corrected chi connectivity index (χ3v) is 2.70. The maximum Gasteiger partial charge on any atom is 0.222 e. The van der Waals surface area contributed by atoms with E-state index >= 15 is 0 Å². The van der Waals surface area contributed by atoms with Crippen molar-refractivity contribution in [3.05, 3.63) is 0 Å². The molecule has 4 nitrogen and oxygen atoms in total. The van der Waals surface area contributed by atoms with Crippen molar-refractivity contribution in [3.8, 4) is 0 Å². The Morgan fingerprint density at radius 1 is 1.53 bits per heavy atom. The minimum absolute atomic E-state index is 0.0456. The van der Waals surface area contributed by atoms with E-state index in [4.69, 9.17) is 10.5 Å². The fourth-order valence-electron chi connectivity index (χ4n) is 1.98. The van der Waals surface area contributed by atoms with Crippen LogP contribution in [0.1, 0.15) is 39.5 Å². The first-order valence-electron chi connectivity index (χ1n) is 5.52. The molecule has 0 aromatic heterocycles. The van der Waals surface area contributed by atoms with E-state index in [1.807, 2.05) is 13.8 Å². The predicted molar refractivity (Wildman–Crippen MR) is 59.5 cm³/mol. The molecule has 1 fully saturated rings. The Balaban J connectivity index is 2.28. The lowest BCUT2D eigenvalue weighted by Crippen LogP contribution is -2.42. The predicted octanol–water partition coefficient (Wildman–Crippen LogP) is 0.797. The van der Waals surface area contributed by atoms with E-state index in [1.54, 1.807) is 7.11 Å². The van der Waals surface area contributed by atoms with E-state index in [-0.39, 0.29) is 11.9 Å². The van der Waals surface area contributed by atoms with Crippen LogP contribution in [0.4, 0.5) is 0 Å². The second kappa shape index (κ2) is 4.94. The van der Waals surface area contributed by atoms with Crippen LogP contribution in [-0.4, -0.2) is 30.7 Å². The van der Waals surface area contributed by atoms with Gasteiger partial charge in [-0.15, -0.1) is 0 Å². The fraction of sp³-hybridized carbons (Fsp3) is 0.909. The lowest BCUT2D eigenvalue weighted by molar-refractivity contribution is -0.122. The van der Waals surface area contributed by atoms with Gasteiger partial charge in [-0.1, -0.05) is 0 Å². The molecule has 1 rings (SSSR count). The van der Waals surface area contributed by atoms with Gasteiger partial charge in [0.25, 0.3) is 0 Å². The van der Waals surface area contributed by atoms with Gasteiger partial charge in [0.05, 0.1) is 6.10 Å². The first-order valence-corrected chi connectivity index (χ1v) is 5.52. The number of rotatable bonds is 4. The van der Waals surface area contributed by atoms with Gasteiger partial charge in [-0.2, -0.15) is 0 Å². The van der Waals surface area contributed by atoms with Gasteiger partial charge >= 0.3 is 0 Å². The molecule has 0 radical (unpaired) electrons. The molecule has 1 aliphatic carbocycles. The van der Waals surface area contributed by atoms with Gasteiger partial charge in [0.1, 0.15) is 0 Å². The number of hydrogen-bond donors (Lipinski definition) is 2. The maximum atomic E-state index is 11.6. The highest BCUT2D eigenvalue weighted by atomic mass is 16.5. The van der Waals surface area contributed by atoms with Gasteiger partial charge in [0.2, 0.25) is 5.91 Å². The number of methoxy groups -OCH3 is 1. The molecule has 1 saturated carbocycles. The molecule has 0 bridgehead atoms. The van der Waals surface area contributed by atoms with Crippen LogP contribution in [0, 0.1) is 0 Å². The summed E-state index contributed by atoms with van der Waals surface area (Å²) in [5.74, 6) is 0.0456. The van der Waals surface area contributed by atoms with Gasteiger partial charge in [0.15, 0.2) is 0 Å². The van der Waals surface area contributed by atoms with Crippen molar-refractivity contribution >= 4 is 5.91 Å². The van der Waals surface area contributed by atoms with E-state index in [0.29, 0.717) is 12.5 Å². The van der Waals surface area contributed by atoms with Crippen LogP contribution in [0.3, 0.4) is 0 Å². The third kappa shape index (κ3) is 4.62. The number of hydrogen-bond acceptors (Lipinski definition) is 3. The van der Waals surface area contributed by atoms with Crippen molar-refractivity contribution in [1.82, 2.24) is 5.32 Å². The molecular weight excluding hydrogens is 192 g/mol. The normalized spacial score (nSPS) is 26.7. The van der Waals surface area contributed by atoms with E-state index in [0.717, 1.165) is 19.3 Å². The smallest absolute Gasteiger partial charge is 0.222 e. The number of carbonyl (C=O) groups is 1. The molecule has 0 spiro atoms. The van der Waals surface area contributed by atoms with Crippen LogP contribution >= 0.6 is 0 Å². The zero-order valence-electron chi connectivity index (χ0n) is 9.88. The topological polar surface area (TPSA) is 64.3 Å². The standard InChI is InChI=1S/C11H22N2O2/c1-11(2,12)7-10(14)13-8-4-5-9(6-8)15-3/h8-9H,4-7,12H2,1-3H3,(H,13,14). The molecule has 3 N–H and O–H groups in total. The second-order valence-electron chi connectivity index (χ2n) is 5.10. The van der Waals surface area contributed by atoms with E-state index in [9.17, 15) is 4.79 Å². The van der Waals surface area contributed by atoms with E-state index in [1.165, 1.54) is 0 Å². The Kier molecular flexibility index (Phi) is 4.11. The van der Waals surface area contributed by atoms with Crippen LogP contribution < -0.4 is 11.1 Å². The number of ether oxygens (including phenoxy) is 1. The minimum atomic E-state index is -0.427. The van der Waals surface area contributed by atoms with Crippen molar-refractivity contribution < 1.29 is 9.53 Å². The largest absolute Gasteiger partial charge is 0.381 e. The zero-order chi connectivity index (χ0) is 11.5. The molecule has 0 saturated heterocycles. The highest BCUT2D eigenvalue weighted by Gasteiger charge is 2.26. The van der Waals surface area contributed by atoms with Crippen molar-refractivity contribution in [2.24, 2.45) is 5.73 Å². The van der Waals surface area contributed by atoms with Gasteiger partial charge in [-0.05, 0) is 33.1 Å². The summed E-state index contributed by atoms with van der Waals surface area (Å²) in [6.45, 7) is 3.72. The number of amides is 1. The van der Waals surface area contributed by atoms with Crippen LogP contribution in [0.5, 0.6) is 0 Å². The molecule has 0 aliphatic heterocycles. The summed E-state index contributed by atoms with van der Waals surface area (Å²) in [5.41, 5.74) is 5.35. The summed E-state index contributed by atoms with van der Waals surface area (Å²) in [5, 5.41) is 3.00. The summed E-state index contributed by atoms with van der Waals surface area (Å²) in [6, 6.07) is 0.268. The summed E-state index contributed by atoms with van der Waals surface area (Å²) < 4.78 is 5.25. The highest BCUT2D eigenvalue weighted by Crippen LogP contribution is 2.21. The SMILES string of the molecule is COC1CCC(NC(=O)CC(C)(C)N)C1. The Bertz CT molecular complexity index is 223. The zero-order valence-corrected chi connectivity index (χ0v) is 9.88. The Hall–Kier alpha value is -0.610. The molecular formula is C11H22N2O2. The Morgan fingerprint density at radius 2 is 2.20 bits per heavy atom. The quantitative estimate of drug-likeness (QED) is 0.727. The lowest BCUT2D eigenvalue weighted by atomic mass is 10.0. The molecule has 0 aromatic carbocycles. The fourth-order valence-corrected chi connectivity index (χ4v) is 1.98. The van der Waals surface area contributed by atoms with Crippen LogP contribution in [0.2, 0.25) is 0 Å². The van der Waals surface area contributed by atoms with E-state index < -0.39 is 5.54 Å². The number of nitrogens with one attached hydrogen (secondary N) is 1. The minimum Gasteiger partial charge on any atom is -0.381 e. The van der Waals surface area contributed by atoms with E-state index in [2.05, 4.69) is 5.32 Å². The molecule has 4 heteroatoms. The molecule has 0 heterocycles. The molecule has 88 valence electrons. The average Bonchev–Trinajstić information content (AvgIpc) is 2.48. The van der Waals surface area contributed by atoms with Crippen LogP contribution in [-0.2, 0) is 9.53 Å². The first kappa shape index (κ1) is 12.5. The van der Waals surface area contributed by atoms with Crippen molar-refractivity contribution in [1.29, 1.82) is 0 Å². The monoisotopic (exact) mass is 214 g/mol. The Labute approximate surface area is 91.5 Å². The van der Waals surface area contributed by atoms with Crippen LogP contribution in [0.25, 0.3) is 0 Å². The molecule has 2 atom stereocenters. The van der Waals surface area contributed by atoms with Crippen molar-refractivity contribution in [2.75, 3.05) is 7.11 Å². The summed E-state index contributed by atoms with van der Waals surface area (Å²) in [7, 11) is 1.72. The highest BCUT2D eigenvalue weighted by molar-refractivity contribution is 5.77. The molecule has 0 aromatic rings. The van der Waals surface area contributed by atoms with Gasteiger partial charge in [-0.3, -0.25) is 4.79 Å². The van der Waals surface area contributed by atoms with Crippen molar-refractivity contribution in [2.45, 2.75) is 57.2 Å². The van der Waals surface area contributed by atoms with Gasteiger partial charge in [-0.25, -0.2) is 0 Å². The molecule has 15 heavy (non-hydrogen) atoms. The molecule has 1 amide bonds. The van der Waals surface area contributed by atoms with Crippen LogP contribution in [0.15, 0.2) is 0 Å². The first-order chi connectivity index (χ1) is 6.90. The lowest BCUT2D eigenvalue weighted by Gasteiger charge is -2.20. The third-order valence-electron chi connectivity index (χ3n) is 2.70. The second-order valence-corrected chi connectivity index (χ2v) is 5.10. The molecule has 1 aliphatic rings. The maximum absolute atomic E-state index is 11.6.